The Morgan fingerprint density at radius 3 is 2.92 bits per heavy atom. The summed E-state index contributed by atoms with van der Waals surface area (Å²) < 4.78 is 5.20. The molecule has 0 aliphatic carbocycles. The molecule has 0 saturated carbocycles. The van der Waals surface area contributed by atoms with E-state index >= 15 is 0 Å². The van der Waals surface area contributed by atoms with Crippen molar-refractivity contribution in [2.75, 3.05) is 0 Å². The van der Waals surface area contributed by atoms with E-state index in [2.05, 4.69) is 0 Å². The van der Waals surface area contributed by atoms with Gasteiger partial charge in [-0.2, -0.15) is 11.3 Å². The Hall–Kier alpha value is -1.06. The number of hydrogen-bond donors (Lipinski definition) is 1. The summed E-state index contributed by atoms with van der Waals surface area (Å²) in [5.74, 6) is 0.813. The first-order valence-electron chi connectivity index (χ1n) is 3.69. The van der Waals surface area contributed by atoms with Gasteiger partial charge in [0.25, 0.3) is 0 Å². The molecule has 2 nitrogen and oxygen atoms in total. The van der Waals surface area contributed by atoms with Crippen molar-refractivity contribution >= 4 is 11.3 Å². The number of nitrogens with two attached hydrogens (primary N) is 1. The summed E-state index contributed by atoms with van der Waals surface area (Å²) in [6, 6.07) is 5.63. The Kier molecular flexibility index (Phi) is 1.98. The molecule has 0 unspecified atom stereocenters. The third kappa shape index (κ3) is 1.29. The van der Waals surface area contributed by atoms with Crippen LogP contribution in [0.3, 0.4) is 0 Å². The molecule has 62 valence electrons. The highest BCUT2D eigenvalue weighted by atomic mass is 32.1. The maximum atomic E-state index is 5.92. The van der Waals surface area contributed by atoms with Crippen molar-refractivity contribution in [2.24, 2.45) is 5.73 Å². The second-order valence-corrected chi connectivity index (χ2v) is 3.33. The number of thiophene rings is 1. The largest absolute Gasteiger partial charge is 0.467 e. The third-order valence-electron chi connectivity index (χ3n) is 1.75. The molecule has 0 radical (unpaired) electrons. The Morgan fingerprint density at radius 1 is 1.42 bits per heavy atom. The van der Waals surface area contributed by atoms with Crippen LogP contribution in [0, 0.1) is 0 Å². The lowest BCUT2D eigenvalue weighted by atomic mass is 10.1. The summed E-state index contributed by atoms with van der Waals surface area (Å²) in [7, 11) is 0. The molecule has 2 aromatic rings. The molecular weight excluding hydrogens is 170 g/mol. The zero-order chi connectivity index (χ0) is 8.39. The molecule has 2 heterocycles. The Balaban J connectivity index is 2.27. The van der Waals surface area contributed by atoms with Crippen molar-refractivity contribution in [1.82, 2.24) is 0 Å². The van der Waals surface area contributed by atoms with Crippen LogP contribution in [0.15, 0.2) is 39.6 Å². The fourth-order valence-electron chi connectivity index (χ4n) is 1.08. The van der Waals surface area contributed by atoms with Crippen LogP contribution in [-0.4, -0.2) is 0 Å². The van der Waals surface area contributed by atoms with E-state index < -0.39 is 0 Å². The molecule has 0 fully saturated rings. The maximum absolute atomic E-state index is 5.92. The fraction of sp³-hybridized carbons (Fsp3) is 0.111. The number of rotatable bonds is 2. The third-order valence-corrected chi connectivity index (χ3v) is 2.45. The zero-order valence-electron chi connectivity index (χ0n) is 6.44. The molecule has 0 spiro atoms. The van der Waals surface area contributed by atoms with Crippen LogP contribution in [0.1, 0.15) is 17.4 Å². The zero-order valence-corrected chi connectivity index (χ0v) is 7.25. The van der Waals surface area contributed by atoms with Gasteiger partial charge in [0, 0.05) is 0 Å². The first-order chi connectivity index (χ1) is 5.88. The van der Waals surface area contributed by atoms with Gasteiger partial charge in [-0.05, 0) is 34.5 Å². The molecule has 1 atom stereocenters. The quantitative estimate of drug-likeness (QED) is 0.768. The summed E-state index contributed by atoms with van der Waals surface area (Å²) in [4.78, 5) is 0. The minimum atomic E-state index is -0.119. The average molecular weight is 179 g/mol. The maximum Gasteiger partial charge on any atom is 0.125 e. The predicted octanol–water partition coefficient (Wildman–Crippen LogP) is 2.39. The molecule has 0 amide bonds. The van der Waals surface area contributed by atoms with E-state index in [1.165, 1.54) is 0 Å². The molecule has 0 bridgehead atoms. The van der Waals surface area contributed by atoms with E-state index in [0.717, 1.165) is 11.3 Å². The molecule has 0 aromatic carbocycles. The molecule has 3 heteroatoms. The van der Waals surface area contributed by atoms with Gasteiger partial charge in [-0.15, -0.1) is 0 Å². The minimum absolute atomic E-state index is 0.119. The van der Waals surface area contributed by atoms with Gasteiger partial charge in [0.2, 0.25) is 0 Å². The van der Waals surface area contributed by atoms with Crippen molar-refractivity contribution < 1.29 is 4.42 Å². The van der Waals surface area contributed by atoms with Crippen LogP contribution in [-0.2, 0) is 0 Å². The van der Waals surface area contributed by atoms with Gasteiger partial charge in [0.05, 0.1) is 12.3 Å². The van der Waals surface area contributed by atoms with Crippen LogP contribution in [0.4, 0.5) is 0 Å². The smallest absolute Gasteiger partial charge is 0.125 e. The standard InChI is InChI=1S/C9H9NOS/c10-9(7-3-5-12-6-7)8-2-1-4-11-8/h1-6,9H,10H2/t9-/m1/s1. The van der Waals surface area contributed by atoms with Crippen molar-refractivity contribution in [3.05, 3.63) is 46.5 Å². The predicted molar refractivity (Wildman–Crippen MR) is 49.1 cm³/mol. The lowest BCUT2D eigenvalue weighted by Gasteiger charge is -2.04. The second-order valence-electron chi connectivity index (χ2n) is 2.55. The molecule has 2 N–H and O–H groups in total. The van der Waals surface area contributed by atoms with E-state index in [4.69, 9.17) is 10.2 Å². The fourth-order valence-corrected chi connectivity index (χ4v) is 1.78. The molecule has 2 aromatic heterocycles. The number of hydrogen-bond acceptors (Lipinski definition) is 3. The Morgan fingerprint density at radius 2 is 2.33 bits per heavy atom. The molecule has 0 saturated heterocycles. The van der Waals surface area contributed by atoms with Crippen molar-refractivity contribution in [3.8, 4) is 0 Å². The second kappa shape index (κ2) is 3.13. The Bertz CT molecular complexity index is 291. The van der Waals surface area contributed by atoms with E-state index in [1.54, 1.807) is 17.6 Å². The highest BCUT2D eigenvalue weighted by molar-refractivity contribution is 7.07. The first-order valence-corrected chi connectivity index (χ1v) is 4.63. The summed E-state index contributed by atoms with van der Waals surface area (Å²) in [5, 5.41) is 4.05. The van der Waals surface area contributed by atoms with Crippen LogP contribution in [0.2, 0.25) is 0 Å². The van der Waals surface area contributed by atoms with Gasteiger partial charge in [-0.25, -0.2) is 0 Å². The van der Waals surface area contributed by atoms with Gasteiger partial charge in [-0.1, -0.05) is 0 Å². The molecule has 2 rings (SSSR count). The lowest BCUT2D eigenvalue weighted by molar-refractivity contribution is 0.490. The molecule has 0 aliphatic rings. The van der Waals surface area contributed by atoms with Crippen LogP contribution < -0.4 is 5.73 Å². The highest BCUT2D eigenvalue weighted by Gasteiger charge is 2.10. The van der Waals surface area contributed by atoms with Gasteiger partial charge in [0.1, 0.15) is 5.76 Å². The van der Waals surface area contributed by atoms with E-state index in [-0.39, 0.29) is 6.04 Å². The molecule has 0 aliphatic heterocycles. The summed E-state index contributed by atoms with van der Waals surface area (Å²) >= 11 is 1.64. The van der Waals surface area contributed by atoms with Crippen molar-refractivity contribution in [3.63, 3.8) is 0 Å². The van der Waals surface area contributed by atoms with E-state index in [1.807, 2.05) is 29.0 Å². The van der Waals surface area contributed by atoms with Crippen molar-refractivity contribution in [1.29, 1.82) is 0 Å². The highest BCUT2D eigenvalue weighted by Crippen LogP contribution is 2.21. The van der Waals surface area contributed by atoms with E-state index in [0.29, 0.717) is 0 Å². The molecular formula is C9H9NOS. The average Bonchev–Trinajstić information content (AvgIpc) is 2.77. The van der Waals surface area contributed by atoms with Crippen LogP contribution in [0.5, 0.6) is 0 Å². The van der Waals surface area contributed by atoms with E-state index in [9.17, 15) is 0 Å². The Labute approximate surface area is 74.6 Å². The van der Waals surface area contributed by atoms with Crippen LogP contribution in [0.25, 0.3) is 0 Å². The summed E-state index contributed by atoms with van der Waals surface area (Å²) in [6.45, 7) is 0. The molecule has 12 heavy (non-hydrogen) atoms. The van der Waals surface area contributed by atoms with Gasteiger partial charge in [0.15, 0.2) is 0 Å². The minimum Gasteiger partial charge on any atom is -0.467 e. The van der Waals surface area contributed by atoms with Gasteiger partial charge >= 0.3 is 0 Å². The van der Waals surface area contributed by atoms with Crippen LogP contribution >= 0.6 is 11.3 Å². The summed E-state index contributed by atoms with van der Waals surface area (Å²) in [5.41, 5.74) is 7.02. The topological polar surface area (TPSA) is 39.2 Å². The normalized spacial score (nSPS) is 13.1. The lowest BCUT2D eigenvalue weighted by Crippen LogP contribution is -2.09. The number of furan rings is 1. The SMILES string of the molecule is N[C@H](c1ccsc1)c1ccco1. The summed E-state index contributed by atoms with van der Waals surface area (Å²) in [6.07, 6.45) is 1.64. The van der Waals surface area contributed by atoms with Gasteiger partial charge < -0.3 is 10.2 Å². The van der Waals surface area contributed by atoms with Crippen molar-refractivity contribution in [2.45, 2.75) is 6.04 Å². The monoisotopic (exact) mass is 179 g/mol. The first kappa shape index (κ1) is 7.58. The van der Waals surface area contributed by atoms with Gasteiger partial charge in [-0.3, -0.25) is 0 Å².